The highest BCUT2D eigenvalue weighted by Crippen LogP contribution is 2.33. The van der Waals surface area contributed by atoms with E-state index in [9.17, 15) is 24.6 Å². The van der Waals surface area contributed by atoms with Crippen LogP contribution in [0.25, 0.3) is 0 Å². The number of hydrogen-bond donors (Lipinski definition) is 3. The van der Waals surface area contributed by atoms with Gasteiger partial charge in [-0.3, -0.25) is 19.7 Å². The second-order valence-electron chi connectivity index (χ2n) is 8.71. The second-order valence-corrected chi connectivity index (χ2v) is 8.71. The molecule has 0 radical (unpaired) electrons. The van der Waals surface area contributed by atoms with E-state index in [0.717, 1.165) is 19.3 Å². The number of benzene rings is 1. The number of rotatable bonds is 13. The second kappa shape index (κ2) is 14.6. The Labute approximate surface area is 196 Å². The Morgan fingerprint density at radius 2 is 1.91 bits per heavy atom. The highest BCUT2D eigenvalue weighted by molar-refractivity contribution is 6.04. The summed E-state index contributed by atoms with van der Waals surface area (Å²) in [4.78, 5) is 36.2. The van der Waals surface area contributed by atoms with Gasteiger partial charge in [0.05, 0.1) is 12.2 Å². The number of aliphatic hydroxyl groups excluding tert-OH is 2. The van der Waals surface area contributed by atoms with Gasteiger partial charge < -0.3 is 10.2 Å². The maximum atomic E-state index is 12.3. The van der Waals surface area contributed by atoms with Crippen LogP contribution >= 0.6 is 0 Å². The molecule has 1 aromatic rings. The van der Waals surface area contributed by atoms with E-state index in [1.54, 1.807) is 42.5 Å². The van der Waals surface area contributed by atoms with Gasteiger partial charge in [-0.25, -0.2) is 0 Å². The molecule has 3 N–H and O–H groups in total. The van der Waals surface area contributed by atoms with Gasteiger partial charge in [0.1, 0.15) is 5.78 Å². The third-order valence-corrected chi connectivity index (χ3v) is 6.01. The number of ketones is 1. The molecule has 1 saturated carbocycles. The predicted octanol–water partition coefficient (Wildman–Crippen LogP) is 4.12. The van der Waals surface area contributed by atoms with E-state index in [2.05, 4.69) is 12.2 Å². The molecule has 0 spiro atoms. The lowest BCUT2D eigenvalue weighted by Gasteiger charge is -2.16. The quantitative estimate of drug-likeness (QED) is 0.307. The van der Waals surface area contributed by atoms with E-state index in [0.29, 0.717) is 31.2 Å². The minimum absolute atomic E-state index is 0.0427. The fourth-order valence-corrected chi connectivity index (χ4v) is 4.08. The first-order valence-electron chi connectivity index (χ1n) is 12.0. The Bertz CT molecular complexity index is 817. The predicted molar refractivity (Wildman–Crippen MR) is 128 cm³/mol. The van der Waals surface area contributed by atoms with Gasteiger partial charge in [0, 0.05) is 30.2 Å². The van der Waals surface area contributed by atoms with Crippen molar-refractivity contribution in [2.75, 3.05) is 0 Å². The molecule has 0 saturated heterocycles. The normalized spacial score (nSPS) is 21.7. The van der Waals surface area contributed by atoms with Crippen LogP contribution in [0.1, 0.15) is 75.1 Å². The fraction of sp³-hybridized carbons (Fsp3) is 0.519. The van der Waals surface area contributed by atoms with Gasteiger partial charge in [-0.15, -0.1) is 0 Å². The van der Waals surface area contributed by atoms with E-state index in [-0.39, 0.29) is 36.4 Å². The summed E-state index contributed by atoms with van der Waals surface area (Å²) in [5.74, 6) is -1.24. The summed E-state index contributed by atoms with van der Waals surface area (Å²) in [6.45, 7) is 2.11. The average Bonchev–Trinajstić information content (AvgIpc) is 3.07. The highest BCUT2D eigenvalue weighted by atomic mass is 16.3. The maximum absolute atomic E-state index is 12.3. The molecular formula is C27H37NO5. The number of carbonyl (C=O) groups is 3. The molecule has 1 fully saturated rings. The van der Waals surface area contributed by atoms with Gasteiger partial charge in [-0.05, 0) is 37.8 Å². The van der Waals surface area contributed by atoms with Crippen LogP contribution in [0.5, 0.6) is 0 Å². The number of Topliss-reactive ketones (excluding diaryl/α,β-unsaturated/α-hetero) is 1. The first-order chi connectivity index (χ1) is 15.9. The minimum atomic E-state index is -0.708. The molecule has 4 atom stereocenters. The molecule has 1 aliphatic rings. The molecule has 0 heterocycles. The molecule has 6 heteroatoms. The van der Waals surface area contributed by atoms with Crippen molar-refractivity contribution in [2.24, 2.45) is 11.8 Å². The van der Waals surface area contributed by atoms with Crippen molar-refractivity contribution in [2.45, 2.75) is 76.9 Å². The molecule has 0 unspecified atom stereocenters. The molecule has 2 amide bonds. The Hall–Kier alpha value is -2.57. The Balaban J connectivity index is 1.72. The number of amides is 2. The van der Waals surface area contributed by atoms with E-state index in [1.807, 2.05) is 12.2 Å². The topological polar surface area (TPSA) is 104 Å². The van der Waals surface area contributed by atoms with E-state index >= 15 is 0 Å². The van der Waals surface area contributed by atoms with Gasteiger partial charge >= 0.3 is 0 Å². The number of allylic oxidation sites excluding steroid dienone is 2. The molecule has 33 heavy (non-hydrogen) atoms. The minimum Gasteiger partial charge on any atom is -0.392 e. The van der Waals surface area contributed by atoms with Crippen molar-refractivity contribution in [3.63, 3.8) is 0 Å². The Morgan fingerprint density at radius 1 is 1.15 bits per heavy atom. The van der Waals surface area contributed by atoms with E-state index < -0.39 is 18.1 Å². The summed E-state index contributed by atoms with van der Waals surface area (Å²) in [5.41, 5.74) is 0.450. The average molecular weight is 456 g/mol. The summed E-state index contributed by atoms with van der Waals surface area (Å²) in [7, 11) is 0. The summed E-state index contributed by atoms with van der Waals surface area (Å²) < 4.78 is 0. The fourth-order valence-electron chi connectivity index (χ4n) is 4.08. The van der Waals surface area contributed by atoms with Crippen molar-refractivity contribution < 1.29 is 24.6 Å². The van der Waals surface area contributed by atoms with E-state index in [1.165, 1.54) is 0 Å². The summed E-state index contributed by atoms with van der Waals surface area (Å²) >= 11 is 0. The number of aliphatic hydroxyl groups is 2. The molecule has 0 bridgehead atoms. The number of carbonyl (C=O) groups excluding carboxylic acids is 3. The van der Waals surface area contributed by atoms with Crippen LogP contribution in [0, 0.1) is 11.8 Å². The van der Waals surface area contributed by atoms with Crippen molar-refractivity contribution in [3.05, 3.63) is 60.2 Å². The Kier molecular flexibility index (Phi) is 11.8. The molecule has 6 nitrogen and oxygen atoms in total. The maximum Gasteiger partial charge on any atom is 0.257 e. The van der Waals surface area contributed by atoms with Crippen LogP contribution in [0.2, 0.25) is 0 Å². The van der Waals surface area contributed by atoms with Crippen molar-refractivity contribution >= 4 is 17.6 Å². The summed E-state index contributed by atoms with van der Waals surface area (Å²) in [6.07, 6.45) is 12.1. The smallest absolute Gasteiger partial charge is 0.257 e. The zero-order valence-corrected chi connectivity index (χ0v) is 19.5. The monoisotopic (exact) mass is 455 g/mol. The third-order valence-electron chi connectivity index (χ3n) is 6.01. The molecular weight excluding hydrogens is 418 g/mol. The van der Waals surface area contributed by atoms with Gasteiger partial charge in [0.15, 0.2) is 0 Å². The van der Waals surface area contributed by atoms with Crippen LogP contribution in [0.3, 0.4) is 0 Å². The molecule has 0 aromatic heterocycles. The third kappa shape index (κ3) is 9.44. The zero-order chi connectivity index (χ0) is 24.1. The lowest BCUT2D eigenvalue weighted by molar-refractivity contribution is -0.121. The summed E-state index contributed by atoms with van der Waals surface area (Å²) in [6, 6.07) is 8.61. The Morgan fingerprint density at radius 3 is 2.64 bits per heavy atom. The van der Waals surface area contributed by atoms with Gasteiger partial charge in [0.2, 0.25) is 5.91 Å². The van der Waals surface area contributed by atoms with Gasteiger partial charge in [0.25, 0.3) is 5.91 Å². The van der Waals surface area contributed by atoms with Crippen molar-refractivity contribution in [1.82, 2.24) is 5.32 Å². The van der Waals surface area contributed by atoms with Crippen LogP contribution in [0.4, 0.5) is 0 Å². The van der Waals surface area contributed by atoms with Crippen LogP contribution in [-0.4, -0.2) is 40.0 Å². The van der Waals surface area contributed by atoms with Crippen LogP contribution < -0.4 is 5.32 Å². The van der Waals surface area contributed by atoms with Crippen molar-refractivity contribution in [1.29, 1.82) is 0 Å². The first kappa shape index (κ1) is 26.7. The van der Waals surface area contributed by atoms with Gasteiger partial charge in [-0.2, -0.15) is 0 Å². The SMILES string of the molecule is CCCCC[C@H](O)/C=C/[C@H]1[C@H](O)CC(=O)[C@@H]1C/C=C\CCCC(=O)NC(=O)c1ccccc1. The van der Waals surface area contributed by atoms with E-state index in [4.69, 9.17) is 0 Å². The zero-order valence-electron chi connectivity index (χ0n) is 19.5. The van der Waals surface area contributed by atoms with Gasteiger partial charge in [-0.1, -0.05) is 68.7 Å². The molecule has 180 valence electrons. The highest BCUT2D eigenvalue weighted by Gasteiger charge is 2.39. The largest absolute Gasteiger partial charge is 0.392 e. The number of imide groups is 1. The standard InChI is InChI=1S/C27H37NO5/c1-2-3-7-14-21(29)17-18-23-22(24(30)19-25(23)31)15-10-4-5-11-16-26(32)28-27(33)20-12-8-6-9-13-20/h4,6,8-10,12-13,17-18,21-23,25,29,31H,2-3,5,7,11,14-16,19H2,1H3,(H,28,32,33)/b10-4-,18-17+/t21-,22+,23+,25+/m0/s1. The number of unbranched alkanes of at least 4 members (excludes halogenated alkanes) is 3. The molecule has 1 aromatic carbocycles. The first-order valence-corrected chi connectivity index (χ1v) is 12.0. The lowest BCUT2D eigenvalue weighted by Crippen LogP contribution is -2.30. The molecule has 0 aliphatic heterocycles. The van der Waals surface area contributed by atoms with Crippen LogP contribution in [0.15, 0.2) is 54.6 Å². The van der Waals surface area contributed by atoms with Crippen molar-refractivity contribution in [3.8, 4) is 0 Å². The summed E-state index contributed by atoms with van der Waals surface area (Å²) in [5, 5.41) is 22.7. The molecule has 1 aliphatic carbocycles. The number of nitrogens with one attached hydrogen (secondary N) is 1. The number of hydrogen-bond acceptors (Lipinski definition) is 5. The lowest BCUT2D eigenvalue weighted by atomic mass is 9.90. The van der Waals surface area contributed by atoms with Crippen LogP contribution in [-0.2, 0) is 9.59 Å². The molecule has 2 rings (SSSR count).